The summed E-state index contributed by atoms with van der Waals surface area (Å²) in [7, 11) is 0. The van der Waals surface area contributed by atoms with Crippen molar-refractivity contribution in [2.45, 2.75) is 105 Å². The predicted octanol–water partition coefficient (Wildman–Crippen LogP) is 6.01. The van der Waals surface area contributed by atoms with Crippen LogP contribution in [0.3, 0.4) is 0 Å². The maximum atomic E-state index is 13.3. The highest BCUT2D eigenvalue weighted by Gasteiger charge is 2.71. The molecule has 8 nitrogen and oxygen atoms in total. The van der Waals surface area contributed by atoms with E-state index >= 15 is 0 Å². The van der Waals surface area contributed by atoms with Gasteiger partial charge in [-0.2, -0.15) is 0 Å². The van der Waals surface area contributed by atoms with Crippen LogP contribution in [0.1, 0.15) is 102 Å². The van der Waals surface area contributed by atoms with E-state index in [2.05, 4.69) is 31.1 Å². The van der Waals surface area contributed by atoms with Gasteiger partial charge in [-0.15, -0.1) is 5.10 Å². The number of hydrogen-bond donors (Lipinski definition) is 1. The lowest BCUT2D eigenvalue weighted by atomic mass is 9.39. The molecule has 1 aromatic carbocycles. The summed E-state index contributed by atoms with van der Waals surface area (Å²) in [5, 5.41) is 20.7. The molecule has 4 saturated carbocycles. The summed E-state index contributed by atoms with van der Waals surface area (Å²) in [5.41, 5.74) is 0.913. The zero-order valence-corrected chi connectivity index (χ0v) is 25.9. The molecule has 42 heavy (non-hydrogen) atoms. The Morgan fingerprint density at radius 2 is 1.79 bits per heavy atom. The third-order valence-corrected chi connectivity index (χ3v) is 12.3. The molecule has 1 N–H and O–H groups in total. The molecule has 2 bridgehead atoms. The Balaban J connectivity index is 1.22. The van der Waals surface area contributed by atoms with Crippen LogP contribution in [-0.4, -0.2) is 44.6 Å². The number of hydrogen-bond acceptors (Lipinski definition) is 7. The van der Waals surface area contributed by atoms with Crippen LogP contribution in [0.4, 0.5) is 0 Å². The van der Waals surface area contributed by atoms with Gasteiger partial charge in [0.15, 0.2) is 5.78 Å². The van der Waals surface area contributed by atoms with Crippen LogP contribution in [0, 0.1) is 39.4 Å². The first-order valence-electron chi connectivity index (χ1n) is 15.9. The summed E-state index contributed by atoms with van der Waals surface area (Å²) in [6.07, 6.45) is 9.83. The van der Waals surface area contributed by atoms with Crippen LogP contribution < -0.4 is 4.74 Å². The van der Waals surface area contributed by atoms with Gasteiger partial charge in [0.25, 0.3) is 0 Å². The smallest absolute Gasteiger partial charge is 0.312 e. The van der Waals surface area contributed by atoms with Gasteiger partial charge in [0.05, 0.1) is 24.3 Å². The molecule has 0 saturated heterocycles. The number of fused-ring (bicyclic) bond motifs is 3. The Kier molecular flexibility index (Phi) is 7.31. The predicted molar refractivity (Wildman–Crippen MR) is 158 cm³/mol. The molecule has 0 unspecified atom stereocenters. The molecule has 0 radical (unpaired) electrons. The molecule has 6 rings (SSSR count). The number of aromatic nitrogens is 3. The van der Waals surface area contributed by atoms with E-state index in [1.807, 2.05) is 17.8 Å². The molecule has 1 heterocycles. The molecule has 1 aromatic heterocycles. The zero-order valence-electron chi connectivity index (χ0n) is 25.9. The van der Waals surface area contributed by atoms with E-state index in [1.54, 1.807) is 31.2 Å². The lowest BCUT2D eigenvalue weighted by Gasteiger charge is -2.65. The number of aliphatic hydroxyl groups excluding tert-OH is 1. The number of carbonyl (C=O) groups excluding carboxylic acids is 2. The third kappa shape index (κ3) is 4.51. The van der Waals surface area contributed by atoms with Crippen LogP contribution >= 0.6 is 0 Å². The molecule has 4 aliphatic carbocycles. The van der Waals surface area contributed by atoms with Crippen LogP contribution in [0.5, 0.6) is 5.75 Å². The lowest BCUT2D eigenvalue weighted by Crippen LogP contribution is -2.60. The number of nitrogens with zero attached hydrogens (tertiary/aromatic N) is 3. The fraction of sp³-hybridized carbons (Fsp3) is 0.706. The Bertz CT molecular complexity index is 1340. The first-order valence-corrected chi connectivity index (χ1v) is 15.9. The van der Waals surface area contributed by atoms with Crippen LogP contribution in [-0.2, 0) is 22.7 Å². The van der Waals surface area contributed by atoms with Gasteiger partial charge in [0, 0.05) is 18.0 Å². The highest BCUT2D eigenvalue weighted by atomic mass is 16.5. The van der Waals surface area contributed by atoms with E-state index in [4.69, 9.17) is 9.47 Å². The molecule has 0 amide bonds. The van der Waals surface area contributed by atoms with Crippen molar-refractivity contribution in [3.63, 3.8) is 0 Å². The largest absolute Gasteiger partial charge is 0.487 e. The van der Waals surface area contributed by atoms with Gasteiger partial charge in [-0.1, -0.05) is 25.5 Å². The lowest BCUT2D eigenvalue weighted by molar-refractivity contribution is -0.192. The van der Waals surface area contributed by atoms with Crippen molar-refractivity contribution in [3.8, 4) is 5.75 Å². The third-order valence-electron chi connectivity index (χ3n) is 12.3. The quantitative estimate of drug-likeness (QED) is 0.303. The fourth-order valence-electron chi connectivity index (χ4n) is 10.5. The highest BCUT2D eigenvalue weighted by Crippen LogP contribution is 2.75. The van der Waals surface area contributed by atoms with Gasteiger partial charge in [-0.25, -0.2) is 0 Å². The Morgan fingerprint density at radius 3 is 2.50 bits per heavy atom. The molecule has 0 aliphatic heterocycles. The average Bonchev–Trinajstić information content (AvgIpc) is 3.46. The van der Waals surface area contributed by atoms with Gasteiger partial charge < -0.3 is 14.6 Å². The number of esters is 1. The number of ketones is 1. The van der Waals surface area contributed by atoms with Crippen molar-refractivity contribution in [2.24, 2.45) is 39.4 Å². The molecular weight excluding hydrogens is 530 g/mol. The maximum Gasteiger partial charge on any atom is 0.312 e. The first kappa shape index (κ1) is 29.3. The molecule has 2 aromatic rings. The number of ether oxygens (including phenoxy) is 2. The van der Waals surface area contributed by atoms with Crippen LogP contribution in [0.15, 0.2) is 30.5 Å². The minimum Gasteiger partial charge on any atom is -0.487 e. The number of Topliss-reactive ketones (excluding diaryl/α,β-unsaturated/α-hetero) is 1. The maximum absolute atomic E-state index is 13.3. The number of rotatable bonds is 8. The average molecular weight is 578 g/mol. The zero-order chi connectivity index (χ0) is 29.9. The molecule has 8 atom stereocenters. The second-order valence-electron chi connectivity index (χ2n) is 14.6. The number of benzene rings is 1. The van der Waals surface area contributed by atoms with Crippen molar-refractivity contribution < 1.29 is 24.2 Å². The molecule has 8 heteroatoms. The van der Waals surface area contributed by atoms with Gasteiger partial charge in [-0.05, 0) is 118 Å². The summed E-state index contributed by atoms with van der Waals surface area (Å²) < 4.78 is 13.5. The standard InChI is InChI=1S/C34H47N3O5/c1-6-41-30(40)33(5)15-7-14-32(4)27(33)13-17-34-21-31(3,16-12-28(32)34)29(39)26(34)19-37-18-24(35-36-37)20-42-25-10-8-23(9-11-25)22(2)38/h8-11,18,26-29,39H,6-7,12-17,19-21H2,1-5H3/t26-,27+,28+,29-,31+,32-,33-,34-/m1/s1. The summed E-state index contributed by atoms with van der Waals surface area (Å²) in [6, 6.07) is 7.12. The molecule has 228 valence electrons. The SMILES string of the molecule is CCOC(=O)[C@]1(C)CCC[C@@]2(C)[C@@H]3CC[C@@]4(C)C[C@]3(CC[C@@H]21)[C@H](Cn1cc(COc2ccc(C(C)=O)cc2)nn1)[C@H]4O. The Morgan fingerprint density at radius 1 is 1.05 bits per heavy atom. The summed E-state index contributed by atoms with van der Waals surface area (Å²) in [6.45, 7) is 11.7. The first-order chi connectivity index (χ1) is 19.9. The Hall–Kier alpha value is -2.74. The van der Waals surface area contributed by atoms with Gasteiger partial charge in [0.1, 0.15) is 18.1 Å². The van der Waals surface area contributed by atoms with E-state index in [0.29, 0.717) is 36.3 Å². The van der Waals surface area contributed by atoms with Crippen LogP contribution in [0.25, 0.3) is 0 Å². The minimum atomic E-state index is -0.439. The Labute approximate surface area is 249 Å². The molecular formula is C34H47N3O5. The van der Waals surface area contributed by atoms with Crippen molar-refractivity contribution >= 4 is 11.8 Å². The van der Waals surface area contributed by atoms with Crippen molar-refractivity contribution in [1.29, 1.82) is 0 Å². The molecule has 1 spiro atoms. The fourth-order valence-corrected chi connectivity index (χ4v) is 10.5. The van der Waals surface area contributed by atoms with E-state index in [-0.39, 0.29) is 40.5 Å². The van der Waals surface area contributed by atoms with Crippen molar-refractivity contribution in [2.75, 3.05) is 6.61 Å². The number of aliphatic hydroxyl groups is 1. The summed E-state index contributed by atoms with van der Waals surface area (Å²) >= 11 is 0. The van der Waals surface area contributed by atoms with E-state index in [1.165, 1.54) is 0 Å². The normalized spacial score (nSPS) is 38.8. The van der Waals surface area contributed by atoms with Crippen molar-refractivity contribution in [1.82, 2.24) is 15.0 Å². The van der Waals surface area contributed by atoms with Crippen molar-refractivity contribution in [3.05, 3.63) is 41.7 Å². The second-order valence-corrected chi connectivity index (χ2v) is 14.6. The van der Waals surface area contributed by atoms with Gasteiger partial charge in [0.2, 0.25) is 0 Å². The molecule has 4 aliphatic rings. The monoisotopic (exact) mass is 577 g/mol. The summed E-state index contributed by atoms with van der Waals surface area (Å²) in [4.78, 5) is 24.9. The van der Waals surface area contributed by atoms with E-state index < -0.39 is 11.5 Å². The minimum absolute atomic E-state index is 0.0195. The molecule has 4 fully saturated rings. The van der Waals surface area contributed by atoms with Gasteiger partial charge in [-0.3, -0.25) is 14.3 Å². The summed E-state index contributed by atoms with van der Waals surface area (Å²) in [5.74, 6) is 1.52. The number of carbonyl (C=O) groups is 2. The van der Waals surface area contributed by atoms with E-state index in [0.717, 1.165) is 57.1 Å². The van der Waals surface area contributed by atoms with Crippen LogP contribution in [0.2, 0.25) is 0 Å². The topological polar surface area (TPSA) is 104 Å². The van der Waals surface area contributed by atoms with E-state index in [9.17, 15) is 14.7 Å². The second kappa shape index (κ2) is 10.5. The highest BCUT2D eigenvalue weighted by molar-refractivity contribution is 5.94. The van der Waals surface area contributed by atoms with Gasteiger partial charge >= 0.3 is 5.97 Å².